The van der Waals surface area contributed by atoms with Crippen LogP contribution in [0.5, 0.6) is 0 Å². The molecular weight excluding hydrogens is 226 g/mol. The Bertz CT molecular complexity index is 512. The van der Waals surface area contributed by atoms with E-state index >= 15 is 0 Å². The standard InChI is InChI=1S/C13H15N5/c14-10-5-11-18-13(15-16-17-18)9-4-8-12-6-2-1-3-7-12/h1-3,6-7H,4-5,8-9,11H2. The van der Waals surface area contributed by atoms with Crippen LogP contribution in [0, 0.1) is 11.3 Å². The highest BCUT2D eigenvalue weighted by Crippen LogP contribution is 2.06. The lowest BCUT2D eigenvalue weighted by Gasteiger charge is -2.02. The SMILES string of the molecule is N#CCCn1nnnc1CCCc1ccccc1. The van der Waals surface area contributed by atoms with Crippen molar-refractivity contribution in [1.29, 1.82) is 5.26 Å². The first-order valence-corrected chi connectivity index (χ1v) is 6.06. The number of nitriles is 1. The van der Waals surface area contributed by atoms with E-state index in [4.69, 9.17) is 5.26 Å². The zero-order valence-electron chi connectivity index (χ0n) is 10.2. The van der Waals surface area contributed by atoms with Crippen molar-refractivity contribution in [2.24, 2.45) is 0 Å². The summed E-state index contributed by atoms with van der Waals surface area (Å²) in [5, 5.41) is 20.1. The molecule has 1 heterocycles. The lowest BCUT2D eigenvalue weighted by Crippen LogP contribution is -2.06. The van der Waals surface area contributed by atoms with Crippen LogP contribution in [0.15, 0.2) is 30.3 Å². The minimum Gasteiger partial charge on any atom is -0.229 e. The van der Waals surface area contributed by atoms with E-state index in [-0.39, 0.29) is 0 Å². The molecular formula is C13H15N5. The molecule has 0 N–H and O–H groups in total. The number of aryl methyl sites for hydroxylation is 3. The van der Waals surface area contributed by atoms with Gasteiger partial charge in [-0.25, -0.2) is 4.68 Å². The smallest absolute Gasteiger partial charge is 0.151 e. The predicted molar refractivity (Wildman–Crippen MR) is 66.5 cm³/mol. The molecule has 0 atom stereocenters. The molecule has 0 spiro atoms. The third kappa shape index (κ3) is 3.39. The summed E-state index contributed by atoms with van der Waals surface area (Å²) >= 11 is 0. The van der Waals surface area contributed by atoms with Gasteiger partial charge in [0.2, 0.25) is 0 Å². The van der Waals surface area contributed by atoms with Crippen molar-refractivity contribution >= 4 is 0 Å². The molecule has 0 radical (unpaired) electrons. The maximum atomic E-state index is 8.55. The number of hydrogen-bond donors (Lipinski definition) is 0. The fraction of sp³-hybridized carbons (Fsp3) is 0.385. The number of hydrogen-bond acceptors (Lipinski definition) is 4. The van der Waals surface area contributed by atoms with Crippen molar-refractivity contribution in [2.75, 3.05) is 0 Å². The topological polar surface area (TPSA) is 67.4 Å². The van der Waals surface area contributed by atoms with E-state index in [0.29, 0.717) is 13.0 Å². The molecule has 0 aliphatic carbocycles. The van der Waals surface area contributed by atoms with Crippen LogP contribution < -0.4 is 0 Å². The minimum absolute atomic E-state index is 0.441. The van der Waals surface area contributed by atoms with Crippen LogP contribution in [0.1, 0.15) is 24.2 Å². The quantitative estimate of drug-likeness (QED) is 0.772. The first-order chi connectivity index (χ1) is 8.90. The molecule has 0 aliphatic rings. The van der Waals surface area contributed by atoms with Gasteiger partial charge in [0.25, 0.3) is 0 Å². The molecule has 0 saturated heterocycles. The fourth-order valence-electron chi connectivity index (χ4n) is 1.83. The predicted octanol–water partition coefficient (Wildman–Crippen LogP) is 1.76. The van der Waals surface area contributed by atoms with Crippen molar-refractivity contribution in [2.45, 2.75) is 32.2 Å². The molecule has 0 unspecified atom stereocenters. The summed E-state index contributed by atoms with van der Waals surface area (Å²) in [6.45, 7) is 0.574. The van der Waals surface area contributed by atoms with E-state index in [1.807, 2.05) is 18.2 Å². The Kier molecular flexibility index (Phi) is 4.42. The maximum absolute atomic E-state index is 8.55. The molecule has 2 aromatic rings. The second-order valence-corrected chi connectivity index (χ2v) is 4.07. The van der Waals surface area contributed by atoms with Gasteiger partial charge in [0, 0.05) is 6.42 Å². The van der Waals surface area contributed by atoms with Crippen LogP contribution in [0.2, 0.25) is 0 Å². The van der Waals surface area contributed by atoms with Gasteiger partial charge in [-0.2, -0.15) is 5.26 Å². The van der Waals surface area contributed by atoms with Gasteiger partial charge in [0.05, 0.1) is 19.0 Å². The molecule has 92 valence electrons. The monoisotopic (exact) mass is 241 g/mol. The number of benzene rings is 1. The lowest BCUT2D eigenvalue weighted by atomic mass is 10.1. The van der Waals surface area contributed by atoms with Gasteiger partial charge in [0.15, 0.2) is 5.82 Å². The van der Waals surface area contributed by atoms with Crippen LogP contribution >= 0.6 is 0 Å². The molecule has 0 fully saturated rings. The average Bonchev–Trinajstić information content (AvgIpc) is 2.85. The van der Waals surface area contributed by atoms with Crippen molar-refractivity contribution < 1.29 is 0 Å². The van der Waals surface area contributed by atoms with Crippen LogP contribution in [0.4, 0.5) is 0 Å². The second-order valence-electron chi connectivity index (χ2n) is 4.07. The Morgan fingerprint density at radius 2 is 2.00 bits per heavy atom. The summed E-state index contributed by atoms with van der Waals surface area (Å²) in [5.41, 5.74) is 1.33. The summed E-state index contributed by atoms with van der Waals surface area (Å²) in [5.74, 6) is 0.862. The Hall–Kier alpha value is -2.22. The van der Waals surface area contributed by atoms with E-state index in [1.54, 1.807) is 4.68 Å². The number of tetrazole rings is 1. The number of rotatable bonds is 6. The van der Waals surface area contributed by atoms with Crippen LogP contribution in [-0.2, 0) is 19.4 Å². The third-order valence-electron chi connectivity index (χ3n) is 2.75. The van der Waals surface area contributed by atoms with Crippen molar-refractivity contribution in [3.63, 3.8) is 0 Å². The van der Waals surface area contributed by atoms with E-state index in [2.05, 4.69) is 33.7 Å². The molecule has 5 heteroatoms. The molecule has 1 aromatic carbocycles. The summed E-state index contributed by atoms with van der Waals surface area (Å²) in [6.07, 6.45) is 3.31. The van der Waals surface area contributed by atoms with Crippen molar-refractivity contribution in [3.8, 4) is 6.07 Å². The molecule has 5 nitrogen and oxygen atoms in total. The molecule has 0 bridgehead atoms. The third-order valence-corrected chi connectivity index (χ3v) is 2.75. The van der Waals surface area contributed by atoms with E-state index < -0.39 is 0 Å². The maximum Gasteiger partial charge on any atom is 0.151 e. The fourth-order valence-corrected chi connectivity index (χ4v) is 1.83. The number of nitrogens with zero attached hydrogens (tertiary/aromatic N) is 5. The Balaban J connectivity index is 1.83. The van der Waals surface area contributed by atoms with Gasteiger partial charge in [-0.15, -0.1) is 5.10 Å². The van der Waals surface area contributed by atoms with E-state index in [0.717, 1.165) is 25.1 Å². The normalized spacial score (nSPS) is 10.2. The average molecular weight is 241 g/mol. The summed E-state index contributed by atoms with van der Waals surface area (Å²) < 4.78 is 1.72. The van der Waals surface area contributed by atoms with Crippen LogP contribution in [0.3, 0.4) is 0 Å². The highest BCUT2D eigenvalue weighted by molar-refractivity contribution is 5.14. The van der Waals surface area contributed by atoms with Gasteiger partial charge in [-0.05, 0) is 28.8 Å². The van der Waals surface area contributed by atoms with Gasteiger partial charge in [-0.1, -0.05) is 30.3 Å². The second kappa shape index (κ2) is 6.50. The Labute approximate surface area is 106 Å². The lowest BCUT2D eigenvalue weighted by molar-refractivity contribution is 0.566. The highest BCUT2D eigenvalue weighted by atomic mass is 15.5. The minimum atomic E-state index is 0.441. The first kappa shape index (κ1) is 12.2. The van der Waals surface area contributed by atoms with Crippen molar-refractivity contribution in [3.05, 3.63) is 41.7 Å². The number of aromatic nitrogens is 4. The summed E-state index contributed by atoms with van der Waals surface area (Å²) in [6, 6.07) is 12.5. The van der Waals surface area contributed by atoms with Crippen molar-refractivity contribution in [1.82, 2.24) is 20.2 Å². The molecule has 18 heavy (non-hydrogen) atoms. The van der Waals surface area contributed by atoms with Gasteiger partial charge < -0.3 is 0 Å². The summed E-state index contributed by atoms with van der Waals surface area (Å²) in [4.78, 5) is 0. The van der Waals surface area contributed by atoms with Crippen LogP contribution in [0.25, 0.3) is 0 Å². The van der Waals surface area contributed by atoms with Crippen LogP contribution in [-0.4, -0.2) is 20.2 Å². The van der Waals surface area contributed by atoms with Gasteiger partial charge in [0.1, 0.15) is 0 Å². The first-order valence-electron chi connectivity index (χ1n) is 6.06. The molecule has 0 saturated carbocycles. The highest BCUT2D eigenvalue weighted by Gasteiger charge is 2.05. The zero-order chi connectivity index (χ0) is 12.6. The Morgan fingerprint density at radius 1 is 1.17 bits per heavy atom. The van der Waals surface area contributed by atoms with E-state index in [1.165, 1.54) is 5.56 Å². The van der Waals surface area contributed by atoms with Gasteiger partial charge in [-0.3, -0.25) is 0 Å². The molecule has 2 rings (SSSR count). The van der Waals surface area contributed by atoms with Gasteiger partial charge >= 0.3 is 0 Å². The Morgan fingerprint density at radius 3 is 2.78 bits per heavy atom. The van der Waals surface area contributed by atoms with E-state index in [9.17, 15) is 0 Å². The molecule has 0 amide bonds. The molecule has 1 aromatic heterocycles. The summed E-state index contributed by atoms with van der Waals surface area (Å²) in [7, 11) is 0. The largest absolute Gasteiger partial charge is 0.229 e. The zero-order valence-corrected chi connectivity index (χ0v) is 10.2. The molecule has 0 aliphatic heterocycles.